The van der Waals surface area contributed by atoms with Gasteiger partial charge >= 0.3 is 5.97 Å². The van der Waals surface area contributed by atoms with Crippen molar-refractivity contribution in [2.24, 2.45) is 0 Å². The number of hydrogen-bond acceptors (Lipinski definition) is 6. The van der Waals surface area contributed by atoms with E-state index in [-0.39, 0.29) is 12.4 Å². The number of fused-ring (bicyclic) bond motifs is 1. The molecule has 6 aromatic carbocycles. The van der Waals surface area contributed by atoms with Crippen LogP contribution in [0.1, 0.15) is 11.3 Å². The average Bonchev–Trinajstić information content (AvgIpc) is 3.55. The Bertz CT molecular complexity index is 2220. The van der Waals surface area contributed by atoms with Crippen molar-refractivity contribution >= 4 is 16.9 Å². The van der Waals surface area contributed by atoms with E-state index in [2.05, 4.69) is 42.5 Å². The summed E-state index contributed by atoms with van der Waals surface area (Å²) < 4.78 is 42.0. The Kier molecular flexibility index (Phi) is 9.52. The van der Waals surface area contributed by atoms with Crippen molar-refractivity contribution < 1.29 is 32.5 Å². The summed E-state index contributed by atoms with van der Waals surface area (Å²) in [5.41, 5.74) is 9.08. The number of ether oxygens (including phenoxy) is 4. The van der Waals surface area contributed by atoms with Crippen LogP contribution in [0.3, 0.4) is 0 Å². The molecule has 0 unspecified atom stereocenters. The molecule has 7 rings (SSSR count). The van der Waals surface area contributed by atoms with E-state index in [0.717, 1.165) is 78.3 Å². The molecule has 0 bridgehead atoms. The summed E-state index contributed by atoms with van der Waals surface area (Å²) >= 11 is 0. The van der Waals surface area contributed by atoms with E-state index in [1.807, 2.05) is 66.7 Å². The van der Waals surface area contributed by atoms with Crippen molar-refractivity contribution in [2.45, 2.75) is 6.42 Å². The number of methoxy groups -OCH3 is 3. The first-order valence-electron chi connectivity index (χ1n) is 16.5. The van der Waals surface area contributed by atoms with Crippen LogP contribution in [0.15, 0.2) is 138 Å². The van der Waals surface area contributed by atoms with Crippen LogP contribution in [0.25, 0.3) is 55.5 Å². The summed E-state index contributed by atoms with van der Waals surface area (Å²) in [7, 11) is 4.60. The highest BCUT2D eigenvalue weighted by Crippen LogP contribution is 2.44. The monoisotopic (exact) mass is 678 g/mol. The second-order valence-electron chi connectivity index (χ2n) is 12.0. The molecule has 0 saturated carbocycles. The highest BCUT2D eigenvalue weighted by molar-refractivity contribution is 5.96. The van der Waals surface area contributed by atoms with E-state index in [4.69, 9.17) is 23.4 Å². The van der Waals surface area contributed by atoms with Crippen LogP contribution in [0.2, 0.25) is 0 Å². The summed E-state index contributed by atoms with van der Waals surface area (Å²) in [6.45, 7) is -0.254. The fraction of sp³-hybridized carbons (Fsp3) is 0.114. The van der Waals surface area contributed by atoms with Gasteiger partial charge in [-0.15, -0.1) is 0 Å². The molecule has 0 fully saturated rings. The number of benzene rings is 6. The normalized spacial score (nSPS) is 11.0. The third-order valence-electron chi connectivity index (χ3n) is 8.91. The van der Waals surface area contributed by atoms with Crippen LogP contribution in [-0.2, 0) is 16.0 Å². The Labute approximate surface area is 295 Å². The molecule has 6 nitrogen and oxygen atoms in total. The Morgan fingerprint density at radius 3 is 1.75 bits per heavy atom. The van der Waals surface area contributed by atoms with Gasteiger partial charge in [0.05, 0.1) is 21.3 Å². The molecule has 0 atom stereocenters. The maximum Gasteiger partial charge on any atom is 0.343 e. The Morgan fingerprint density at radius 2 is 1.18 bits per heavy atom. The van der Waals surface area contributed by atoms with Crippen LogP contribution in [-0.4, -0.2) is 33.9 Å². The van der Waals surface area contributed by atoms with Crippen LogP contribution in [0.5, 0.6) is 17.2 Å². The van der Waals surface area contributed by atoms with Crippen LogP contribution < -0.4 is 14.2 Å². The molecule has 1 heterocycles. The molecule has 0 radical (unpaired) electrons. The summed E-state index contributed by atoms with van der Waals surface area (Å²) in [5, 5.41) is 1.01. The molecule has 0 aliphatic carbocycles. The van der Waals surface area contributed by atoms with Gasteiger partial charge in [-0.2, -0.15) is 0 Å². The molecule has 0 amide bonds. The van der Waals surface area contributed by atoms with E-state index >= 15 is 0 Å². The van der Waals surface area contributed by atoms with Crippen LogP contribution in [0, 0.1) is 5.82 Å². The maximum atomic E-state index is 13.7. The second kappa shape index (κ2) is 14.6. The Morgan fingerprint density at radius 1 is 0.627 bits per heavy atom. The molecule has 0 aliphatic heterocycles. The molecule has 7 aromatic rings. The van der Waals surface area contributed by atoms with E-state index in [9.17, 15) is 9.18 Å². The molecule has 1 aromatic heterocycles. The predicted octanol–water partition coefficient (Wildman–Crippen LogP) is 10.4. The largest absolute Gasteiger partial charge is 0.497 e. The lowest BCUT2D eigenvalue weighted by atomic mass is 9.91. The zero-order chi connectivity index (χ0) is 35.3. The minimum atomic E-state index is -0.485. The van der Waals surface area contributed by atoms with Gasteiger partial charge in [0.2, 0.25) is 0 Å². The molecule has 0 saturated heterocycles. The van der Waals surface area contributed by atoms with E-state index in [1.54, 1.807) is 26.4 Å². The Hall–Kier alpha value is -6.34. The van der Waals surface area contributed by atoms with Crippen molar-refractivity contribution in [3.63, 3.8) is 0 Å². The third kappa shape index (κ3) is 7.05. The lowest BCUT2D eigenvalue weighted by Crippen LogP contribution is -2.13. The lowest BCUT2D eigenvalue weighted by molar-refractivity contribution is -0.142. The molecule has 0 aliphatic rings. The predicted molar refractivity (Wildman–Crippen MR) is 198 cm³/mol. The second-order valence-corrected chi connectivity index (χ2v) is 12.0. The number of hydrogen-bond donors (Lipinski definition) is 0. The SMILES string of the molecule is COC(=O)COc1c(-c2ccc(OC)cc2)cc(-c2ccc(-c3c(Cc4ccc(F)cc4)oc4ccccc34)cc2)cc1-c1ccc(OC)cc1. The molecular weight excluding hydrogens is 643 g/mol. The van der Waals surface area contributed by atoms with Crippen molar-refractivity contribution in [3.8, 4) is 61.8 Å². The van der Waals surface area contributed by atoms with E-state index in [0.29, 0.717) is 12.2 Å². The van der Waals surface area contributed by atoms with Crippen molar-refractivity contribution in [1.82, 2.24) is 0 Å². The summed E-state index contributed by atoms with van der Waals surface area (Å²) in [6, 6.07) is 42.5. The summed E-state index contributed by atoms with van der Waals surface area (Å²) in [5.74, 6) is 2.05. The highest BCUT2D eigenvalue weighted by atomic mass is 19.1. The number of esters is 1. The smallest absolute Gasteiger partial charge is 0.343 e. The third-order valence-corrected chi connectivity index (χ3v) is 8.91. The molecule has 0 spiro atoms. The summed E-state index contributed by atoms with van der Waals surface area (Å²) in [4.78, 5) is 12.3. The average molecular weight is 679 g/mol. The zero-order valence-corrected chi connectivity index (χ0v) is 28.4. The highest BCUT2D eigenvalue weighted by Gasteiger charge is 2.20. The van der Waals surface area contributed by atoms with Gasteiger partial charge in [0, 0.05) is 28.5 Å². The van der Waals surface area contributed by atoms with Crippen molar-refractivity contribution in [3.05, 3.63) is 151 Å². The first-order valence-corrected chi connectivity index (χ1v) is 16.5. The van der Waals surface area contributed by atoms with Gasteiger partial charge < -0.3 is 23.4 Å². The first kappa shape index (κ1) is 33.2. The molecule has 0 N–H and O–H groups in total. The fourth-order valence-electron chi connectivity index (χ4n) is 6.27. The zero-order valence-electron chi connectivity index (χ0n) is 28.4. The van der Waals surface area contributed by atoms with Gasteiger partial charge in [0.15, 0.2) is 6.61 Å². The molecular formula is C44H35FO6. The number of carbonyl (C=O) groups excluding carboxylic acids is 1. The quantitative estimate of drug-likeness (QED) is 0.127. The number of carbonyl (C=O) groups is 1. The van der Waals surface area contributed by atoms with Crippen molar-refractivity contribution in [1.29, 1.82) is 0 Å². The summed E-state index contributed by atoms with van der Waals surface area (Å²) in [6.07, 6.45) is 0.523. The van der Waals surface area contributed by atoms with Gasteiger partial charge in [0.1, 0.15) is 34.4 Å². The van der Waals surface area contributed by atoms with Crippen LogP contribution in [0.4, 0.5) is 4.39 Å². The van der Waals surface area contributed by atoms with Gasteiger partial charge in [-0.3, -0.25) is 0 Å². The van der Waals surface area contributed by atoms with Crippen molar-refractivity contribution in [2.75, 3.05) is 27.9 Å². The number of para-hydroxylation sites is 1. The number of halogens is 1. The fourth-order valence-corrected chi connectivity index (χ4v) is 6.27. The lowest BCUT2D eigenvalue weighted by Gasteiger charge is -2.19. The van der Waals surface area contributed by atoms with Crippen LogP contribution >= 0.6 is 0 Å². The standard InChI is InChI=1S/C44H35FO6/c1-47-35-20-14-30(15-21-35)38-25-33(26-39(44(38)50-27-42(46)49-3)31-16-22-36(48-2)23-17-31)29-10-12-32(13-11-29)43-37-6-4-5-7-40(37)51-41(43)24-28-8-18-34(45)19-9-28/h4-23,25-26H,24,27H2,1-3H3. The molecule has 254 valence electrons. The molecule has 7 heteroatoms. The van der Waals surface area contributed by atoms with Gasteiger partial charge in [-0.05, 0) is 88.0 Å². The Balaban J connectivity index is 1.35. The maximum absolute atomic E-state index is 13.7. The number of rotatable bonds is 11. The minimum Gasteiger partial charge on any atom is -0.497 e. The van der Waals surface area contributed by atoms with E-state index < -0.39 is 5.97 Å². The van der Waals surface area contributed by atoms with Gasteiger partial charge in [-0.25, -0.2) is 9.18 Å². The molecule has 51 heavy (non-hydrogen) atoms. The number of furan rings is 1. The minimum absolute atomic E-state index is 0.254. The topological polar surface area (TPSA) is 67.1 Å². The van der Waals surface area contributed by atoms with Gasteiger partial charge in [-0.1, -0.05) is 78.9 Å². The van der Waals surface area contributed by atoms with Gasteiger partial charge in [0.25, 0.3) is 0 Å². The van der Waals surface area contributed by atoms with E-state index in [1.165, 1.54) is 19.2 Å². The first-order chi connectivity index (χ1) is 24.9.